The number of nitrogen functional groups attached to an aromatic ring is 1. The molecule has 2 nitrogen and oxygen atoms in total. The van der Waals surface area contributed by atoms with Crippen LogP contribution in [0.4, 0.5) is 5.69 Å². The molecular formula is C8H12NOP. The summed E-state index contributed by atoms with van der Waals surface area (Å²) in [4.78, 5) is 0. The Morgan fingerprint density at radius 2 is 1.91 bits per heavy atom. The van der Waals surface area contributed by atoms with Gasteiger partial charge in [0.1, 0.15) is 5.75 Å². The van der Waals surface area contributed by atoms with Crippen molar-refractivity contribution in [3.63, 3.8) is 0 Å². The van der Waals surface area contributed by atoms with E-state index in [0.717, 1.165) is 22.6 Å². The summed E-state index contributed by atoms with van der Waals surface area (Å²) in [6.07, 6.45) is 0. The third-order valence-corrected chi connectivity index (χ3v) is 1.94. The van der Waals surface area contributed by atoms with Crippen molar-refractivity contribution in [3.05, 3.63) is 23.3 Å². The molecule has 0 fully saturated rings. The fourth-order valence-electron chi connectivity index (χ4n) is 0.939. The zero-order valence-electron chi connectivity index (χ0n) is 6.72. The molecule has 0 bridgehead atoms. The minimum absolute atomic E-state index is 0.813. The van der Waals surface area contributed by atoms with Gasteiger partial charge in [0.2, 0.25) is 0 Å². The Morgan fingerprint density at radius 1 is 1.27 bits per heavy atom. The number of nitrogens with two attached hydrogens (primary N) is 1. The molecule has 0 spiro atoms. The third kappa shape index (κ3) is 1.63. The van der Waals surface area contributed by atoms with Crippen LogP contribution in [0.5, 0.6) is 5.75 Å². The zero-order chi connectivity index (χ0) is 8.43. The van der Waals surface area contributed by atoms with E-state index in [0.29, 0.717) is 0 Å². The van der Waals surface area contributed by atoms with Crippen molar-refractivity contribution in [2.45, 2.75) is 13.8 Å². The molecule has 2 N–H and O–H groups in total. The van der Waals surface area contributed by atoms with Crippen LogP contribution in [0.2, 0.25) is 0 Å². The van der Waals surface area contributed by atoms with Gasteiger partial charge in [-0.05, 0) is 37.1 Å². The lowest BCUT2D eigenvalue weighted by Crippen LogP contribution is -1.91. The molecule has 0 aliphatic heterocycles. The molecule has 0 saturated heterocycles. The van der Waals surface area contributed by atoms with E-state index in [1.165, 1.54) is 0 Å². The highest BCUT2D eigenvalue weighted by molar-refractivity contribution is 7.10. The Hall–Kier alpha value is -0.750. The molecule has 0 aliphatic carbocycles. The Labute approximate surface area is 69.0 Å². The highest BCUT2D eigenvalue weighted by Crippen LogP contribution is 2.25. The van der Waals surface area contributed by atoms with Gasteiger partial charge in [0, 0.05) is 5.69 Å². The van der Waals surface area contributed by atoms with E-state index in [4.69, 9.17) is 10.3 Å². The lowest BCUT2D eigenvalue weighted by Gasteiger charge is -2.06. The second-order valence-corrected chi connectivity index (χ2v) is 2.83. The van der Waals surface area contributed by atoms with Crippen molar-refractivity contribution in [2.24, 2.45) is 0 Å². The molecule has 0 saturated carbocycles. The quantitative estimate of drug-likeness (QED) is 0.515. The van der Waals surface area contributed by atoms with E-state index < -0.39 is 0 Å². The highest BCUT2D eigenvalue weighted by Gasteiger charge is 2.00. The highest BCUT2D eigenvalue weighted by atomic mass is 31.0. The summed E-state index contributed by atoms with van der Waals surface area (Å²) in [7, 11) is 2.23. The Morgan fingerprint density at radius 3 is 2.45 bits per heavy atom. The summed E-state index contributed by atoms with van der Waals surface area (Å²) in [5.41, 5.74) is 8.60. The maximum absolute atomic E-state index is 5.68. The first-order valence-electron chi connectivity index (χ1n) is 3.38. The van der Waals surface area contributed by atoms with Crippen molar-refractivity contribution in [1.29, 1.82) is 0 Å². The lowest BCUT2D eigenvalue weighted by atomic mass is 10.1. The first-order chi connectivity index (χ1) is 5.15. The predicted octanol–water partition coefficient (Wildman–Crippen LogP) is 2.05. The summed E-state index contributed by atoms with van der Waals surface area (Å²) in [6.45, 7) is 3.93. The van der Waals surface area contributed by atoms with Crippen molar-refractivity contribution < 1.29 is 4.52 Å². The van der Waals surface area contributed by atoms with Gasteiger partial charge in [-0.25, -0.2) is 0 Å². The normalized spacial score (nSPS) is 9.73. The number of aryl methyl sites for hydroxylation is 2. The van der Waals surface area contributed by atoms with E-state index >= 15 is 0 Å². The largest absolute Gasteiger partial charge is 0.480 e. The van der Waals surface area contributed by atoms with Crippen molar-refractivity contribution >= 4 is 15.2 Å². The van der Waals surface area contributed by atoms with E-state index in [9.17, 15) is 0 Å². The van der Waals surface area contributed by atoms with Gasteiger partial charge in [-0.1, -0.05) is 0 Å². The second kappa shape index (κ2) is 3.10. The van der Waals surface area contributed by atoms with Crippen LogP contribution in [-0.2, 0) is 0 Å². The van der Waals surface area contributed by atoms with Crippen molar-refractivity contribution in [2.75, 3.05) is 5.73 Å². The first-order valence-corrected chi connectivity index (χ1v) is 3.85. The van der Waals surface area contributed by atoms with Crippen LogP contribution in [0.3, 0.4) is 0 Å². The van der Waals surface area contributed by atoms with Gasteiger partial charge in [-0.2, -0.15) is 0 Å². The summed E-state index contributed by atoms with van der Waals surface area (Å²) in [5.74, 6) is 0.863. The van der Waals surface area contributed by atoms with Crippen LogP contribution in [0, 0.1) is 13.8 Å². The van der Waals surface area contributed by atoms with Crippen LogP contribution < -0.4 is 10.3 Å². The number of benzene rings is 1. The second-order valence-electron chi connectivity index (χ2n) is 2.59. The van der Waals surface area contributed by atoms with Gasteiger partial charge in [0.05, 0.1) is 9.47 Å². The van der Waals surface area contributed by atoms with Gasteiger partial charge in [-0.3, -0.25) is 0 Å². The predicted molar refractivity (Wildman–Crippen MR) is 50.7 cm³/mol. The smallest absolute Gasteiger partial charge is 0.125 e. The number of hydrogen-bond donors (Lipinski definition) is 1. The monoisotopic (exact) mass is 169 g/mol. The molecule has 3 heteroatoms. The summed E-state index contributed by atoms with van der Waals surface area (Å²) in [6, 6.07) is 3.84. The van der Waals surface area contributed by atoms with Crippen molar-refractivity contribution in [3.8, 4) is 5.75 Å². The van der Waals surface area contributed by atoms with Crippen LogP contribution >= 0.6 is 9.47 Å². The average Bonchev–Trinajstić information content (AvgIpc) is 1.97. The molecule has 1 rings (SSSR count). The van der Waals surface area contributed by atoms with Gasteiger partial charge >= 0.3 is 0 Å². The average molecular weight is 169 g/mol. The van der Waals surface area contributed by atoms with Gasteiger partial charge in [0.25, 0.3) is 0 Å². The molecule has 0 amide bonds. The molecule has 1 aromatic rings. The topological polar surface area (TPSA) is 35.2 Å². The molecule has 0 aromatic heterocycles. The third-order valence-electron chi connectivity index (χ3n) is 1.69. The number of rotatable bonds is 1. The Balaban J connectivity index is 3.21. The Kier molecular flexibility index (Phi) is 2.35. The summed E-state index contributed by atoms with van der Waals surface area (Å²) >= 11 is 0. The van der Waals surface area contributed by atoms with E-state index in [-0.39, 0.29) is 0 Å². The zero-order valence-corrected chi connectivity index (χ0v) is 7.87. The maximum Gasteiger partial charge on any atom is 0.125 e. The van der Waals surface area contributed by atoms with E-state index in [2.05, 4.69) is 9.47 Å². The molecule has 0 heterocycles. The summed E-state index contributed by atoms with van der Waals surface area (Å²) in [5, 5.41) is 0. The molecule has 0 aliphatic rings. The van der Waals surface area contributed by atoms with Crippen LogP contribution in [-0.4, -0.2) is 0 Å². The van der Waals surface area contributed by atoms with E-state index in [1.807, 2.05) is 26.0 Å². The molecule has 1 unspecified atom stereocenters. The first kappa shape index (κ1) is 8.35. The van der Waals surface area contributed by atoms with E-state index in [1.54, 1.807) is 0 Å². The molecule has 0 radical (unpaired) electrons. The molecular weight excluding hydrogens is 157 g/mol. The van der Waals surface area contributed by atoms with Gasteiger partial charge < -0.3 is 10.3 Å². The molecule has 11 heavy (non-hydrogen) atoms. The van der Waals surface area contributed by atoms with Crippen LogP contribution in [0.1, 0.15) is 11.1 Å². The number of hydrogen-bond acceptors (Lipinski definition) is 2. The fraction of sp³-hybridized carbons (Fsp3) is 0.250. The van der Waals surface area contributed by atoms with Gasteiger partial charge in [0.15, 0.2) is 0 Å². The number of anilines is 1. The van der Waals surface area contributed by atoms with Crippen molar-refractivity contribution in [1.82, 2.24) is 0 Å². The van der Waals surface area contributed by atoms with Crippen LogP contribution in [0.15, 0.2) is 12.1 Å². The lowest BCUT2D eigenvalue weighted by molar-refractivity contribution is 0.639. The maximum atomic E-state index is 5.68. The fourth-order valence-corrected chi connectivity index (χ4v) is 1.19. The van der Waals surface area contributed by atoms with Crippen LogP contribution in [0.25, 0.3) is 0 Å². The van der Waals surface area contributed by atoms with Gasteiger partial charge in [-0.15, -0.1) is 0 Å². The SMILES string of the molecule is Cc1cc(OP)c(C)cc1N. The standard InChI is InChI=1S/C8H12NOP/c1-5-4-8(10-11)6(2)3-7(5)9/h3-4H,9,11H2,1-2H3. The minimum atomic E-state index is 0.813. The Bertz CT molecular complexity index is 273. The molecule has 60 valence electrons. The molecule has 1 atom stereocenters. The minimum Gasteiger partial charge on any atom is -0.480 e. The summed E-state index contributed by atoms with van der Waals surface area (Å²) < 4.78 is 5.04. The molecule has 1 aromatic carbocycles.